The summed E-state index contributed by atoms with van der Waals surface area (Å²) in [5.41, 5.74) is 3.39. The van der Waals surface area contributed by atoms with Gasteiger partial charge in [-0.15, -0.1) is 11.8 Å². The summed E-state index contributed by atoms with van der Waals surface area (Å²) in [6.45, 7) is 4.28. The predicted molar refractivity (Wildman–Crippen MR) is 107 cm³/mol. The van der Waals surface area contributed by atoms with Gasteiger partial charge in [-0.25, -0.2) is 0 Å². The molecule has 3 rings (SSSR count). The van der Waals surface area contributed by atoms with E-state index < -0.39 is 10.8 Å². The van der Waals surface area contributed by atoms with Crippen molar-refractivity contribution < 1.29 is 9.59 Å². The summed E-state index contributed by atoms with van der Waals surface area (Å²) in [6, 6.07) is 18.0. The van der Waals surface area contributed by atoms with Crippen molar-refractivity contribution in [3.63, 3.8) is 0 Å². The second-order valence-corrected chi connectivity index (χ2v) is 8.75. The second-order valence-electron chi connectivity index (χ2n) is 7.10. The zero-order valence-electron chi connectivity index (χ0n) is 15.4. The molecule has 1 fully saturated rings. The zero-order chi connectivity index (χ0) is 18.7. The lowest BCUT2D eigenvalue weighted by atomic mass is 10.0. The van der Waals surface area contributed by atoms with E-state index in [0.29, 0.717) is 12.3 Å². The first-order chi connectivity index (χ1) is 12.4. The fraction of sp³-hybridized carbons (Fsp3) is 0.333. The van der Waals surface area contributed by atoms with Crippen LogP contribution in [0.1, 0.15) is 19.4 Å². The van der Waals surface area contributed by atoms with Crippen LogP contribution in [0.25, 0.3) is 11.1 Å². The van der Waals surface area contributed by atoms with Gasteiger partial charge in [-0.1, -0.05) is 54.6 Å². The molecule has 0 aliphatic carbocycles. The molecule has 2 amide bonds. The molecule has 2 aromatic rings. The Labute approximate surface area is 159 Å². The Bertz CT molecular complexity index is 787. The highest BCUT2D eigenvalue weighted by Gasteiger charge is 2.38. The number of carbonyl (C=O) groups excluding carboxylic acids is 2. The van der Waals surface area contributed by atoms with Gasteiger partial charge in [0.15, 0.2) is 0 Å². The molecule has 1 saturated heterocycles. The molecule has 0 spiro atoms. The van der Waals surface area contributed by atoms with Crippen LogP contribution >= 0.6 is 11.8 Å². The van der Waals surface area contributed by atoms with E-state index >= 15 is 0 Å². The van der Waals surface area contributed by atoms with Crippen molar-refractivity contribution in [3.8, 4) is 11.1 Å². The third-order valence-corrected chi connectivity index (χ3v) is 6.03. The monoisotopic (exact) mass is 368 g/mol. The Balaban J connectivity index is 1.62. The zero-order valence-corrected chi connectivity index (χ0v) is 16.2. The minimum Gasteiger partial charge on any atom is -0.342 e. The second kappa shape index (κ2) is 7.54. The van der Waals surface area contributed by atoms with Gasteiger partial charge in [-0.2, -0.15) is 0 Å². The maximum absolute atomic E-state index is 12.6. The number of thioether (sulfide) groups is 1. The first kappa shape index (κ1) is 18.5. The topological polar surface area (TPSA) is 49.4 Å². The van der Waals surface area contributed by atoms with Gasteiger partial charge in [-0.05, 0) is 30.5 Å². The van der Waals surface area contributed by atoms with Gasteiger partial charge in [0.05, 0.1) is 4.75 Å². The van der Waals surface area contributed by atoms with Crippen molar-refractivity contribution in [2.24, 2.45) is 0 Å². The quantitative estimate of drug-likeness (QED) is 0.901. The van der Waals surface area contributed by atoms with E-state index in [-0.39, 0.29) is 11.8 Å². The molecule has 0 saturated carbocycles. The first-order valence-corrected chi connectivity index (χ1v) is 9.69. The van der Waals surface area contributed by atoms with Crippen LogP contribution in [0.5, 0.6) is 0 Å². The van der Waals surface area contributed by atoms with Crippen LogP contribution < -0.4 is 5.32 Å². The molecule has 26 heavy (non-hydrogen) atoms. The molecule has 1 N–H and O–H groups in total. The Morgan fingerprint density at radius 3 is 2.35 bits per heavy atom. The summed E-state index contributed by atoms with van der Waals surface area (Å²) >= 11 is 1.53. The molecule has 1 aliphatic heterocycles. The number of amides is 2. The van der Waals surface area contributed by atoms with Crippen molar-refractivity contribution in [2.45, 2.75) is 31.2 Å². The maximum atomic E-state index is 12.6. The van der Waals surface area contributed by atoms with Crippen LogP contribution in [0.15, 0.2) is 54.6 Å². The van der Waals surface area contributed by atoms with E-state index in [1.165, 1.54) is 17.3 Å². The Hall–Kier alpha value is -2.27. The van der Waals surface area contributed by atoms with E-state index in [1.807, 2.05) is 44.2 Å². The summed E-state index contributed by atoms with van der Waals surface area (Å²) in [5, 5.41) is 2.85. The lowest BCUT2D eigenvalue weighted by Crippen LogP contribution is -2.57. The standard InChI is InChI=1S/C21H24N2O2S/c1-21(2)20(25)22-18(14-26-21)19(24)23(3)13-15-9-11-17(12-10-15)16-7-5-4-6-8-16/h4-12,18H,13-14H2,1-3H3,(H,22,25). The minimum atomic E-state index is -0.470. The van der Waals surface area contributed by atoms with E-state index in [9.17, 15) is 9.59 Å². The summed E-state index contributed by atoms with van der Waals surface area (Å²) < 4.78 is -0.470. The van der Waals surface area contributed by atoms with E-state index in [0.717, 1.165) is 11.1 Å². The number of hydrogen-bond acceptors (Lipinski definition) is 3. The maximum Gasteiger partial charge on any atom is 0.246 e. The molecule has 2 aromatic carbocycles. The number of rotatable bonds is 4. The molecule has 1 atom stereocenters. The number of nitrogens with one attached hydrogen (secondary N) is 1. The van der Waals surface area contributed by atoms with Crippen molar-refractivity contribution >= 4 is 23.6 Å². The number of likely N-dealkylation sites (N-methyl/N-ethyl adjacent to an activating group) is 1. The highest BCUT2D eigenvalue weighted by molar-refractivity contribution is 8.01. The highest BCUT2D eigenvalue weighted by Crippen LogP contribution is 2.29. The van der Waals surface area contributed by atoms with Crippen molar-refractivity contribution in [2.75, 3.05) is 12.8 Å². The summed E-state index contributed by atoms with van der Waals surface area (Å²) in [6.07, 6.45) is 0. The van der Waals surface area contributed by atoms with Crippen LogP contribution in [0, 0.1) is 0 Å². The van der Waals surface area contributed by atoms with Crippen LogP contribution in [-0.4, -0.2) is 40.3 Å². The first-order valence-electron chi connectivity index (χ1n) is 8.71. The average molecular weight is 369 g/mol. The van der Waals surface area contributed by atoms with Gasteiger partial charge in [0.25, 0.3) is 0 Å². The van der Waals surface area contributed by atoms with Gasteiger partial charge in [0.2, 0.25) is 11.8 Å². The van der Waals surface area contributed by atoms with Gasteiger partial charge < -0.3 is 10.2 Å². The molecular formula is C21H24N2O2S. The molecule has 1 aliphatic rings. The van der Waals surface area contributed by atoms with Gasteiger partial charge >= 0.3 is 0 Å². The van der Waals surface area contributed by atoms with Gasteiger partial charge in [0.1, 0.15) is 6.04 Å². The Morgan fingerprint density at radius 1 is 1.12 bits per heavy atom. The molecule has 1 heterocycles. The van der Waals surface area contributed by atoms with Crippen LogP contribution in [0.4, 0.5) is 0 Å². The fourth-order valence-electron chi connectivity index (χ4n) is 2.91. The van der Waals surface area contributed by atoms with E-state index in [2.05, 4.69) is 29.6 Å². The van der Waals surface area contributed by atoms with Crippen LogP contribution in [-0.2, 0) is 16.1 Å². The molecular weight excluding hydrogens is 344 g/mol. The molecule has 0 bridgehead atoms. The van der Waals surface area contributed by atoms with Crippen molar-refractivity contribution in [3.05, 3.63) is 60.2 Å². The summed E-state index contributed by atoms with van der Waals surface area (Å²) in [4.78, 5) is 26.4. The van der Waals surface area contributed by atoms with Crippen molar-refractivity contribution in [1.29, 1.82) is 0 Å². The SMILES string of the molecule is CN(Cc1ccc(-c2ccccc2)cc1)C(=O)C1CSC(C)(C)C(=O)N1. The summed E-state index contributed by atoms with van der Waals surface area (Å²) in [7, 11) is 1.78. The van der Waals surface area contributed by atoms with Crippen LogP contribution in [0.2, 0.25) is 0 Å². The van der Waals surface area contributed by atoms with E-state index in [4.69, 9.17) is 0 Å². The Morgan fingerprint density at radius 2 is 1.73 bits per heavy atom. The average Bonchev–Trinajstić information content (AvgIpc) is 2.65. The lowest BCUT2D eigenvalue weighted by Gasteiger charge is -2.34. The predicted octanol–water partition coefficient (Wildman–Crippen LogP) is 3.32. The Kier molecular flexibility index (Phi) is 5.37. The van der Waals surface area contributed by atoms with Crippen LogP contribution in [0.3, 0.4) is 0 Å². The number of benzene rings is 2. The molecule has 1 unspecified atom stereocenters. The number of carbonyl (C=O) groups is 2. The normalized spacial score (nSPS) is 18.9. The van der Waals surface area contributed by atoms with Crippen molar-refractivity contribution in [1.82, 2.24) is 10.2 Å². The minimum absolute atomic E-state index is 0.0477. The molecule has 5 heteroatoms. The molecule has 0 radical (unpaired) electrons. The third-order valence-electron chi connectivity index (χ3n) is 4.62. The number of nitrogens with zero attached hydrogens (tertiary/aromatic N) is 1. The molecule has 136 valence electrons. The lowest BCUT2D eigenvalue weighted by molar-refractivity contribution is -0.136. The third kappa shape index (κ3) is 4.10. The highest BCUT2D eigenvalue weighted by atomic mass is 32.2. The van der Waals surface area contributed by atoms with Gasteiger partial charge in [0, 0.05) is 19.3 Å². The molecule has 4 nitrogen and oxygen atoms in total. The summed E-state index contributed by atoms with van der Waals surface area (Å²) in [5.74, 6) is 0.482. The van der Waals surface area contributed by atoms with E-state index in [1.54, 1.807) is 11.9 Å². The number of hydrogen-bond donors (Lipinski definition) is 1. The smallest absolute Gasteiger partial charge is 0.246 e. The molecule has 0 aromatic heterocycles. The van der Waals surface area contributed by atoms with Gasteiger partial charge in [-0.3, -0.25) is 9.59 Å². The fourth-order valence-corrected chi connectivity index (χ4v) is 3.91. The largest absolute Gasteiger partial charge is 0.342 e.